The molecule has 1 amide bonds. The normalized spacial score (nSPS) is 11.9. The standard InChI is InChI=1S/C10H14N2O3S/c1-2-7-11-10(13)8-3-5-9(6-4-8)12-16(14)15/h3-6,12H,2,7H2,1H3,(H,11,13)(H,14,15)/p-1. The van der Waals surface area contributed by atoms with Gasteiger partial charge in [-0.1, -0.05) is 6.92 Å². The number of rotatable bonds is 5. The van der Waals surface area contributed by atoms with Crippen LogP contribution >= 0.6 is 0 Å². The Kier molecular flexibility index (Phi) is 4.94. The quantitative estimate of drug-likeness (QED) is 0.755. The van der Waals surface area contributed by atoms with E-state index in [-0.39, 0.29) is 5.91 Å². The third-order valence-corrected chi connectivity index (χ3v) is 2.29. The Morgan fingerprint density at radius 2 is 2.00 bits per heavy atom. The first kappa shape index (κ1) is 12.7. The highest BCUT2D eigenvalue weighted by Gasteiger charge is 2.03. The van der Waals surface area contributed by atoms with Crippen molar-refractivity contribution >= 4 is 22.9 Å². The molecule has 0 saturated heterocycles. The zero-order chi connectivity index (χ0) is 12.0. The van der Waals surface area contributed by atoms with Gasteiger partial charge in [-0.3, -0.25) is 9.00 Å². The van der Waals surface area contributed by atoms with Gasteiger partial charge in [0.15, 0.2) is 0 Å². The number of amides is 1. The smallest absolute Gasteiger partial charge is 0.251 e. The lowest BCUT2D eigenvalue weighted by Gasteiger charge is -2.09. The van der Waals surface area contributed by atoms with Crippen LogP contribution in [0.25, 0.3) is 0 Å². The molecule has 0 heterocycles. The van der Waals surface area contributed by atoms with Gasteiger partial charge in [-0.2, -0.15) is 0 Å². The highest BCUT2D eigenvalue weighted by Crippen LogP contribution is 2.09. The van der Waals surface area contributed by atoms with Crippen molar-refractivity contribution in [1.29, 1.82) is 0 Å². The first-order valence-corrected chi connectivity index (χ1v) is 5.95. The highest BCUT2D eigenvalue weighted by atomic mass is 32.2. The molecule has 6 heteroatoms. The molecule has 1 unspecified atom stereocenters. The fourth-order valence-corrected chi connectivity index (χ4v) is 1.45. The van der Waals surface area contributed by atoms with Crippen molar-refractivity contribution in [3.8, 4) is 0 Å². The maximum Gasteiger partial charge on any atom is 0.251 e. The highest BCUT2D eigenvalue weighted by molar-refractivity contribution is 7.80. The van der Waals surface area contributed by atoms with E-state index in [0.29, 0.717) is 17.8 Å². The monoisotopic (exact) mass is 241 g/mol. The zero-order valence-electron chi connectivity index (χ0n) is 8.86. The second kappa shape index (κ2) is 6.24. The molecule has 0 saturated carbocycles. The topological polar surface area (TPSA) is 81.3 Å². The maximum atomic E-state index is 11.5. The molecule has 5 nitrogen and oxygen atoms in total. The number of carbonyl (C=O) groups is 1. The molecule has 2 N–H and O–H groups in total. The second-order valence-corrected chi connectivity index (χ2v) is 3.84. The van der Waals surface area contributed by atoms with Crippen LogP contribution in [0.2, 0.25) is 0 Å². The fraction of sp³-hybridized carbons (Fsp3) is 0.300. The lowest BCUT2D eigenvalue weighted by molar-refractivity contribution is 0.0953. The predicted octanol–water partition coefficient (Wildman–Crippen LogP) is 1.03. The maximum absolute atomic E-state index is 11.5. The van der Waals surface area contributed by atoms with Gasteiger partial charge in [0.25, 0.3) is 5.91 Å². The predicted molar refractivity (Wildman–Crippen MR) is 61.6 cm³/mol. The van der Waals surface area contributed by atoms with Gasteiger partial charge in [0.05, 0.1) is 0 Å². The van der Waals surface area contributed by atoms with Gasteiger partial charge in [0.2, 0.25) is 0 Å². The summed E-state index contributed by atoms with van der Waals surface area (Å²) >= 11 is -2.34. The van der Waals surface area contributed by atoms with E-state index < -0.39 is 11.3 Å². The number of benzene rings is 1. The van der Waals surface area contributed by atoms with Crippen LogP contribution in [0.4, 0.5) is 5.69 Å². The molecular weight excluding hydrogens is 228 g/mol. The molecule has 0 aromatic heterocycles. The molecule has 1 atom stereocenters. The molecule has 0 spiro atoms. The van der Waals surface area contributed by atoms with Crippen molar-refractivity contribution in [2.75, 3.05) is 11.3 Å². The summed E-state index contributed by atoms with van der Waals surface area (Å²) in [4.78, 5) is 11.5. The molecule has 88 valence electrons. The van der Waals surface area contributed by atoms with Crippen LogP contribution in [-0.2, 0) is 11.3 Å². The third kappa shape index (κ3) is 4.00. The van der Waals surface area contributed by atoms with Crippen LogP contribution < -0.4 is 10.0 Å². The van der Waals surface area contributed by atoms with Crippen molar-refractivity contribution in [3.05, 3.63) is 29.8 Å². The number of hydrogen-bond donors (Lipinski definition) is 2. The Morgan fingerprint density at radius 1 is 1.38 bits per heavy atom. The van der Waals surface area contributed by atoms with Gasteiger partial charge in [0, 0.05) is 29.1 Å². The van der Waals surface area contributed by atoms with Crippen molar-refractivity contribution in [2.24, 2.45) is 0 Å². The van der Waals surface area contributed by atoms with Crippen molar-refractivity contribution < 1.29 is 13.6 Å². The van der Waals surface area contributed by atoms with Gasteiger partial charge in [-0.05, 0) is 30.7 Å². The summed E-state index contributed by atoms with van der Waals surface area (Å²) in [5.74, 6) is -0.156. The Morgan fingerprint density at radius 3 is 2.50 bits per heavy atom. The van der Waals surface area contributed by atoms with Crippen LogP contribution in [0.1, 0.15) is 23.7 Å². The minimum atomic E-state index is -2.34. The van der Waals surface area contributed by atoms with E-state index in [4.69, 9.17) is 0 Å². The third-order valence-electron chi connectivity index (χ3n) is 1.88. The summed E-state index contributed by atoms with van der Waals surface area (Å²) in [5, 5.41) is 2.73. The van der Waals surface area contributed by atoms with Gasteiger partial charge >= 0.3 is 0 Å². The molecular formula is C10H13N2O3S-. The first-order chi connectivity index (χ1) is 7.63. The van der Waals surface area contributed by atoms with E-state index in [0.717, 1.165) is 6.42 Å². The fourth-order valence-electron chi connectivity index (χ4n) is 1.13. The molecule has 0 aliphatic heterocycles. The summed E-state index contributed by atoms with van der Waals surface area (Å²) in [5.41, 5.74) is 0.941. The van der Waals surface area contributed by atoms with Crippen molar-refractivity contribution in [3.63, 3.8) is 0 Å². The Labute approximate surface area is 96.7 Å². The molecule has 0 aliphatic rings. The Bertz CT molecular complexity index is 378. The first-order valence-electron chi connectivity index (χ1n) is 4.87. The van der Waals surface area contributed by atoms with E-state index in [1.807, 2.05) is 6.92 Å². The van der Waals surface area contributed by atoms with E-state index in [9.17, 15) is 13.6 Å². The number of hydrogen-bond acceptors (Lipinski definition) is 3. The van der Waals surface area contributed by atoms with Gasteiger partial charge in [-0.25, -0.2) is 0 Å². The molecule has 0 fully saturated rings. The lowest BCUT2D eigenvalue weighted by atomic mass is 10.2. The molecule has 0 aliphatic carbocycles. The minimum Gasteiger partial charge on any atom is -0.755 e. The van der Waals surface area contributed by atoms with E-state index in [1.165, 1.54) is 12.1 Å². The summed E-state index contributed by atoms with van der Waals surface area (Å²) in [6.07, 6.45) is 0.876. The average molecular weight is 241 g/mol. The summed E-state index contributed by atoms with van der Waals surface area (Å²) < 4.78 is 22.9. The van der Waals surface area contributed by atoms with Gasteiger partial charge < -0.3 is 14.6 Å². The van der Waals surface area contributed by atoms with Crippen LogP contribution in [0, 0.1) is 0 Å². The minimum absolute atomic E-state index is 0.156. The number of anilines is 1. The van der Waals surface area contributed by atoms with Gasteiger partial charge in [0.1, 0.15) is 0 Å². The van der Waals surface area contributed by atoms with E-state index >= 15 is 0 Å². The Balaban J connectivity index is 2.63. The molecule has 1 aromatic carbocycles. The molecule has 1 rings (SSSR count). The van der Waals surface area contributed by atoms with Crippen LogP contribution in [0.5, 0.6) is 0 Å². The number of carbonyl (C=O) groups excluding carboxylic acids is 1. The molecule has 0 bridgehead atoms. The number of nitrogens with one attached hydrogen (secondary N) is 2. The summed E-state index contributed by atoms with van der Waals surface area (Å²) in [6.45, 7) is 2.60. The SMILES string of the molecule is CCCNC(=O)c1ccc(NS(=O)[O-])cc1. The summed E-state index contributed by atoms with van der Waals surface area (Å²) in [6, 6.07) is 6.22. The van der Waals surface area contributed by atoms with Gasteiger partial charge in [-0.15, -0.1) is 0 Å². The van der Waals surface area contributed by atoms with E-state index in [1.54, 1.807) is 12.1 Å². The average Bonchev–Trinajstić information content (AvgIpc) is 2.26. The second-order valence-electron chi connectivity index (χ2n) is 3.17. The van der Waals surface area contributed by atoms with E-state index in [2.05, 4.69) is 10.0 Å². The molecule has 16 heavy (non-hydrogen) atoms. The van der Waals surface area contributed by atoms with Crippen LogP contribution in [0.3, 0.4) is 0 Å². The van der Waals surface area contributed by atoms with Crippen molar-refractivity contribution in [2.45, 2.75) is 13.3 Å². The van der Waals surface area contributed by atoms with Crippen molar-refractivity contribution in [1.82, 2.24) is 5.32 Å². The molecule has 0 radical (unpaired) electrons. The summed E-state index contributed by atoms with van der Waals surface area (Å²) in [7, 11) is 0. The Hall–Kier alpha value is -1.40. The zero-order valence-corrected chi connectivity index (χ0v) is 9.67. The van der Waals surface area contributed by atoms with Crippen LogP contribution in [0.15, 0.2) is 24.3 Å². The van der Waals surface area contributed by atoms with Crippen LogP contribution in [-0.4, -0.2) is 21.2 Å². The lowest BCUT2D eigenvalue weighted by Crippen LogP contribution is -2.23. The molecule has 1 aromatic rings. The largest absolute Gasteiger partial charge is 0.755 e.